The van der Waals surface area contributed by atoms with Gasteiger partial charge in [0, 0.05) is 19.3 Å². The van der Waals surface area contributed by atoms with E-state index < -0.39 is 0 Å². The lowest BCUT2D eigenvalue weighted by atomic mass is 9.85. The highest BCUT2D eigenvalue weighted by Gasteiger charge is 2.20. The summed E-state index contributed by atoms with van der Waals surface area (Å²) in [4.78, 5) is 11.8. The highest BCUT2D eigenvalue weighted by molar-refractivity contribution is 6.33. The number of hydrogen-bond donors (Lipinski definition) is 1. The fraction of sp³-hybridized carbons (Fsp3) is 0.636. The molecule has 1 fully saturated rings. The molecule has 0 aromatic carbocycles. The standard InChI is InChI=1S/C11H16ClN3O/c1-2-15-7-9(12)10(14-15)11(16)13-6-8-4-3-5-8/h7-8H,2-6H2,1H3,(H,13,16). The molecule has 0 unspecified atom stereocenters. The summed E-state index contributed by atoms with van der Waals surface area (Å²) in [5.41, 5.74) is 0.336. The quantitative estimate of drug-likeness (QED) is 0.878. The van der Waals surface area contributed by atoms with Crippen LogP contribution in [0.15, 0.2) is 6.20 Å². The zero-order chi connectivity index (χ0) is 11.5. The predicted octanol–water partition coefficient (Wildman–Crippen LogP) is 2.09. The van der Waals surface area contributed by atoms with Gasteiger partial charge in [0.05, 0.1) is 5.02 Å². The van der Waals surface area contributed by atoms with Gasteiger partial charge in [-0.1, -0.05) is 18.0 Å². The maximum Gasteiger partial charge on any atom is 0.273 e. The molecule has 0 atom stereocenters. The highest BCUT2D eigenvalue weighted by Crippen LogP contribution is 2.25. The third kappa shape index (κ3) is 2.38. The molecule has 1 aromatic rings. The van der Waals surface area contributed by atoms with Crippen LogP contribution in [0.5, 0.6) is 0 Å². The van der Waals surface area contributed by atoms with E-state index in [9.17, 15) is 4.79 Å². The molecule has 1 aliphatic rings. The minimum Gasteiger partial charge on any atom is -0.350 e. The van der Waals surface area contributed by atoms with Gasteiger partial charge in [-0.2, -0.15) is 5.10 Å². The minimum absolute atomic E-state index is 0.163. The van der Waals surface area contributed by atoms with Crippen molar-refractivity contribution in [2.24, 2.45) is 5.92 Å². The fourth-order valence-electron chi connectivity index (χ4n) is 1.73. The normalized spacial score (nSPS) is 15.9. The number of hydrogen-bond acceptors (Lipinski definition) is 2. The Morgan fingerprint density at radius 2 is 2.44 bits per heavy atom. The van der Waals surface area contributed by atoms with Crippen LogP contribution in [0, 0.1) is 5.92 Å². The number of aryl methyl sites for hydroxylation is 1. The molecule has 2 rings (SSSR count). The number of amides is 1. The smallest absolute Gasteiger partial charge is 0.273 e. The summed E-state index contributed by atoms with van der Waals surface area (Å²) in [6.07, 6.45) is 5.40. The first-order valence-corrected chi connectivity index (χ1v) is 6.09. The Morgan fingerprint density at radius 1 is 1.69 bits per heavy atom. The largest absolute Gasteiger partial charge is 0.350 e. The number of nitrogens with one attached hydrogen (secondary N) is 1. The van der Waals surface area contributed by atoms with Crippen LogP contribution in [0.3, 0.4) is 0 Å². The van der Waals surface area contributed by atoms with Gasteiger partial charge >= 0.3 is 0 Å². The topological polar surface area (TPSA) is 46.9 Å². The summed E-state index contributed by atoms with van der Waals surface area (Å²) in [7, 11) is 0. The highest BCUT2D eigenvalue weighted by atomic mass is 35.5. The van der Waals surface area contributed by atoms with Crippen LogP contribution >= 0.6 is 11.6 Å². The number of aromatic nitrogens is 2. The van der Waals surface area contributed by atoms with Gasteiger partial charge in [-0.15, -0.1) is 0 Å². The number of carbonyl (C=O) groups is 1. The molecule has 0 radical (unpaired) electrons. The maximum absolute atomic E-state index is 11.8. The van der Waals surface area contributed by atoms with Crippen molar-refractivity contribution in [3.05, 3.63) is 16.9 Å². The molecule has 1 aromatic heterocycles. The van der Waals surface area contributed by atoms with E-state index in [1.54, 1.807) is 10.9 Å². The molecule has 1 amide bonds. The second kappa shape index (κ2) is 4.87. The van der Waals surface area contributed by atoms with Crippen LogP contribution in [0.25, 0.3) is 0 Å². The zero-order valence-corrected chi connectivity index (χ0v) is 10.1. The van der Waals surface area contributed by atoms with Crippen LogP contribution < -0.4 is 5.32 Å². The fourth-order valence-corrected chi connectivity index (χ4v) is 1.97. The van der Waals surface area contributed by atoms with Gasteiger partial charge in [0.15, 0.2) is 5.69 Å². The van der Waals surface area contributed by atoms with Crippen molar-refractivity contribution in [2.75, 3.05) is 6.54 Å². The molecule has 0 bridgehead atoms. The molecule has 4 nitrogen and oxygen atoms in total. The van der Waals surface area contributed by atoms with Crippen molar-refractivity contribution in [1.29, 1.82) is 0 Å². The van der Waals surface area contributed by atoms with Crippen LogP contribution in [0.4, 0.5) is 0 Å². The van der Waals surface area contributed by atoms with E-state index in [2.05, 4.69) is 10.4 Å². The molecular formula is C11H16ClN3O. The van der Waals surface area contributed by atoms with Gasteiger partial charge in [-0.05, 0) is 25.7 Å². The average Bonchev–Trinajstić information content (AvgIpc) is 2.57. The number of rotatable bonds is 4. The minimum atomic E-state index is -0.163. The third-order valence-corrected chi connectivity index (χ3v) is 3.31. The van der Waals surface area contributed by atoms with E-state index in [-0.39, 0.29) is 5.91 Å². The lowest BCUT2D eigenvalue weighted by molar-refractivity contribution is 0.0933. The Labute approximate surface area is 100.0 Å². The van der Waals surface area contributed by atoms with Crippen molar-refractivity contribution in [3.8, 4) is 0 Å². The lowest BCUT2D eigenvalue weighted by Gasteiger charge is -2.25. The van der Waals surface area contributed by atoms with Gasteiger partial charge in [-0.25, -0.2) is 0 Å². The molecule has 1 aliphatic carbocycles. The SMILES string of the molecule is CCn1cc(Cl)c(C(=O)NCC2CCC2)n1. The first kappa shape index (κ1) is 11.5. The zero-order valence-electron chi connectivity index (χ0n) is 9.37. The molecular weight excluding hydrogens is 226 g/mol. The van der Waals surface area contributed by atoms with Crippen LogP contribution in [-0.4, -0.2) is 22.2 Å². The van der Waals surface area contributed by atoms with E-state index in [4.69, 9.17) is 11.6 Å². The Kier molecular flexibility index (Phi) is 3.49. The van der Waals surface area contributed by atoms with Crippen molar-refractivity contribution in [1.82, 2.24) is 15.1 Å². The predicted molar refractivity (Wildman–Crippen MR) is 62.6 cm³/mol. The first-order valence-electron chi connectivity index (χ1n) is 5.72. The van der Waals surface area contributed by atoms with E-state index in [0.29, 0.717) is 16.6 Å². The molecule has 1 N–H and O–H groups in total. The Hall–Kier alpha value is -1.03. The van der Waals surface area contributed by atoms with Gasteiger partial charge < -0.3 is 5.32 Å². The molecule has 16 heavy (non-hydrogen) atoms. The van der Waals surface area contributed by atoms with Gasteiger partial charge in [0.25, 0.3) is 5.91 Å². The van der Waals surface area contributed by atoms with E-state index in [0.717, 1.165) is 13.1 Å². The van der Waals surface area contributed by atoms with Gasteiger partial charge in [0.1, 0.15) is 0 Å². The summed E-state index contributed by atoms with van der Waals surface area (Å²) < 4.78 is 1.67. The van der Waals surface area contributed by atoms with Crippen molar-refractivity contribution in [3.63, 3.8) is 0 Å². The summed E-state index contributed by atoms with van der Waals surface area (Å²) in [5, 5.41) is 7.43. The number of halogens is 1. The molecule has 0 saturated heterocycles. The van der Waals surface area contributed by atoms with Gasteiger partial charge in [-0.3, -0.25) is 9.48 Å². The average molecular weight is 242 g/mol. The van der Waals surface area contributed by atoms with E-state index in [1.165, 1.54) is 19.3 Å². The number of nitrogens with zero attached hydrogens (tertiary/aromatic N) is 2. The van der Waals surface area contributed by atoms with Crippen LogP contribution in [0.2, 0.25) is 5.02 Å². The summed E-state index contributed by atoms with van der Waals surface area (Å²) in [5.74, 6) is 0.486. The molecule has 88 valence electrons. The Morgan fingerprint density at radius 3 is 2.94 bits per heavy atom. The third-order valence-electron chi connectivity index (χ3n) is 3.03. The molecule has 1 heterocycles. The van der Waals surface area contributed by atoms with Crippen LogP contribution in [0.1, 0.15) is 36.7 Å². The molecule has 0 aliphatic heterocycles. The second-order valence-corrected chi connectivity index (χ2v) is 4.60. The van der Waals surface area contributed by atoms with Crippen LogP contribution in [-0.2, 0) is 6.54 Å². The van der Waals surface area contributed by atoms with Gasteiger partial charge in [0.2, 0.25) is 0 Å². The second-order valence-electron chi connectivity index (χ2n) is 4.19. The van der Waals surface area contributed by atoms with Crippen molar-refractivity contribution >= 4 is 17.5 Å². The maximum atomic E-state index is 11.8. The van der Waals surface area contributed by atoms with E-state index >= 15 is 0 Å². The molecule has 5 heteroatoms. The summed E-state index contributed by atoms with van der Waals surface area (Å²) >= 11 is 5.94. The monoisotopic (exact) mass is 241 g/mol. The summed E-state index contributed by atoms with van der Waals surface area (Å²) in [6.45, 7) is 3.42. The van der Waals surface area contributed by atoms with E-state index in [1.807, 2.05) is 6.92 Å². The van der Waals surface area contributed by atoms with Crippen molar-refractivity contribution < 1.29 is 4.79 Å². The molecule has 0 spiro atoms. The lowest BCUT2D eigenvalue weighted by Crippen LogP contribution is -2.32. The first-order chi connectivity index (χ1) is 7.70. The van der Waals surface area contributed by atoms with Crippen molar-refractivity contribution in [2.45, 2.75) is 32.7 Å². The Bertz CT molecular complexity index is 385. The summed E-state index contributed by atoms with van der Waals surface area (Å²) in [6, 6.07) is 0. The Balaban J connectivity index is 1.93. The number of carbonyl (C=O) groups excluding carboxylic acids is 1. The molecule has 1 saturated carbocycles.